The molecule has 0 aliphatic carbocycles. The van der Waals surface area contributed by atoms with Crippen molar-refractivity contribution in [2.75, 3.05) is 13.1 Å². The molecule has 46 valence electrons. The molecule has 2 heteroatoms. The van der Waals surface area contributed by atoms with Gasteiger partial charge in [-0.1, -0.05) is 0 Å². The van der Waals surface area contributed by atoms with Gasteiger partial charge in [-0.15, -0.1) is 0 Å². The van der Waals surface area contributed by atoms with E-state index in [9.17, 15) is 0 Å². The van der Waals surface area contributed by atoms with Gasteiger partial charge in [-0.3, -0.25) is 0 Å². The Labute approximate surface area is 49.4 Å². The molecule has 1 aliphatic rings. The minimum atomic E-state index is 1.10. The fourth-order valence-corrected chi connectivity index (χ4v) is 0.985. The molecule has 0 spiro atoms. The zero-order valence-electron chi connectivity index (χ0n) is 4.88. The van der Waals surface area contributed by atoms with Crippen molar-refractivity contribution in [2.45, 2.75) is 12.8 Å². The highest BCUT2D eigenvalue weighted by molar-refractivity contribution is 4.78. The van der Waals surface area contributed by atoms with Crippen LogP contribution in [0.5, 0.6) is 0 Å². The van der Waals surface area contributed by atoms with Crippen molar-refractivity contribution in [3.63, 3.8) is 0 Å². The first-order chi connectivity index (χ1) is 3.93. The monoisotopic (exact) mass is 113 g/mol. The summed E-state index contributed by atoms with van der Waals surface area (Å²) in [7, 11) is 0. The summed E-state index contributed by atoms with van der Waals surface area (Å²) in [6.45, 7) is 2.22. The zero-order valence-corrected chi connectivity index (χ0v) is 4.88. The Kier molecular flexibility index (Phi) is 1.78. The van der Waals surface area contributed by atoms with Crippen molar-refractivity contribution in [1.82, 2.24) is 4.90 Å². The quantitative estimate of drug-likeness (QED) is 0.515. The van der Waals surface area contributed by atoms with Gasteiger partial charge in [0.2, 0.25) is 0 Å². The normalized spacial score (nSPS) is 20.8. The first kappa shape index (κ1) is 5.48. The summed E-state index contributed by atoms with van der Waals surface area (Å²) in [4.78, 5) is 2.11. The van der Waals surface area contributed by atoms with Crippen molar-refractivity contribution in [3.8, 4) is 0 Å². The van der Waals surface area contributed by atoms with Gasteiger partial charge < -0.3 is 10.0 Å². The minimum absolute atomic E-state index is 1.10. The maximum Gasteiger partial charge on any atom is 0.0950 e. The van der Waals surface area contributed by atoms with E-state index in [-0.39, 0.29) is 0 Å². The lowest BCUT2D eigenvalue weighted by Crippen LogP contribution is -2.09. The van der Waals surface area contributed by atoms with Crippen LogP contribution < -0.4 is 0 Å². The molecule has 1 rings (SSSR count). The van der Waals surface area contributed by atoms with Crippen LogP contribution in [0.4, 0.5) is 0 Å². The second kappa shape index (κ2) is 2.60. The average Bonchev–Trinajstić information content (AvgIpc) is 2.19. The lowest BCUT2D eigenvalue weighted by molar-refractivity contribution is 0.416. The summed E-state index contributed by atoms with van der Waals surface area (Å²) < 4.78 is 0. The Bertz CT molecular complexity index is 84.5. The van der Waals surface area contributed by atoms with E-state index < -0.39 is 0 Å². The van der Waals surface area contributed by atoms with E-state index in [1.54, 1.807) is 6.20 Å². The van der Waals surface area contributed by atoms with Gasteiger partial charge in [0.1, 0.15) is 0 Å². The number of hydrogen-bond acceptors (Lipinski definition) is 2. The van der Waals surface area contributed by atoms with E-state index in [2.05, 4.69) is 4.90 Å². The number of likely N-dealkylation sites (tertiary alicyclic amines) is 1. The van der Waals surface area contributed by atoms with Crippen LogP contribution in [-0.2, 0) is 0 Å². The Morgan fingerprint density at radius 1 is 1.25 bits per heavy atom. The molecule has 0 radical (unpaired) electrons. The molecule has 1 aliphatic heterocycles. The lowest BCUT2D eigenvalue weighted by Gasteiger charge is -2.07. The van der Waals surface area contributed by atoms with Gasteiger partial charge in [-0.2, -0.15) is 0 Å². The van der Waals surface area contributed by atoms with Gasteiger partial charge in [0.15, 0.2) is 0 Å². The van der Waals surface area contributed by atoms with Crippen molar-refractivity contribution in [1.29, 1.82) is 0 Å². The summed E-state index contributed by atoms with van der Waals surface area (Å²) >= 11 is 0. The van der Waals surface area contributed by atoms with Crippen molar-refractivity contribution in [3.05, 3.63) is 12.5 Å². The molecule has 8 heavy (non-hydrogen) atoms. The second-order valence-electron chi connectivity index (χ2n) is 2.04. The highest BCUT2D eigenvalue weighted by Crippen LogP contribution is 2.06. The van der Waals surface area contributed by atoms with Crippen molar-refractivity contribution in [2.24, 2.45) is 0 Å². The fourth-order valence-electron chi connectivity index (χ4n) is 0.985. The van der Waals surface area contributed by atoms with E-state index >= 15 is 0 Å². The van der Waals surface area contributed by atoms with Gasteiger partial charge >= 0.3 is 0 Å². The number of aliphatic hydroxyl groups excluding tert-OH is 1. The zero-order chi connectivity index (χ0) is 5.82. The molecule has 0 atom stereocenters. The first-order valence-electron chi connectivity index (χ1n) is 2.98. The first-order valence-corrected chi connectivity index (χ1v) is 2.98. The Balaban J connectivity index is 2.24. The Hall–Kier alpha value is -0.660. The molecule has 2 nitrogen and oxygen atoms in total. The molecule has 0 saturated carbocycles. The van der Waals surface area contributed by atoms with Gasteiger partial charge in [-0.25, -0.2) is 0 Å². The molecule has 1 fully saturated rings. The topological polar surface area (TPSA) is 23.5 Å². The van der Waals surface area contributed by atoms with E-state index in [1.807, 2.05) is 0 Å². The smallest absolute Gasteiger partial charge is 0.0950 e. The highest BCUT2D eigenvalue weighted by atomic mass is 16.2. The van der Waals surface area contributed by atoms with Crippen LogP contribution in [0.1, 0.15) is 12.8 Å². The summed E-state index contributed by atoms with van der Waals surface area (Å²) in [5, 5.41) is 8.30. The maximum absolute atomic E-state index is 8.30. The van der Waals surface area contributed by atoms with E-state index in [4.69, 9.17) is 5.11 Å². The van der Waals surface area contributed by atoms with Crippen LogP contribution in [0.25, 0.3) is 0 Å². The third kappa shape index (κ3) is 1.15. The van der Waals surface area contributed by atoms with Crippen LogP contribution in [0.15, 0.2) is 12.5 Å². The predicted octanol–water partition coefficient (Wildman–Crippen LogP) is 1.11. The van der Waals surface area contributed by atoms with Crippen LogP contribution in [0.2, 0.25) is 0 Å². The van der Waals surface area contributed by atoms with Gasteiger partial charge in [0.25, 0.3) is 0 Å². The molecule has 1 saturated heterocycles. The van der Waals surface area contributed by atoms with Crippen LogP contribution >= 0.6 is 0 Å². The van der Waals surface area contributed by atoms with E-state index in [0.717, 1.165) is 19.4 Å². The Morgan fingerprint density at radius 2 is 1.88 bits per heavy atom. The third-order valence-corrected chi connectivity index (χ3v) is 1.42. The second-order valence-corrected chi connectivity index (χ2v) is 2.04. The van der Waals surface area contributed by atoms with E-state index in [0.29, 0.717) is 0 Å². The van der Waals surface area contributed by atoms with Gasteiger partial charge in [0.05, 0.1) is 6.26 Å². The summed E-state index contributed by atoms with van der Waals surface area (Å²) in [5.41, 5.74) is 0. The molecule has 1 heterocycles. The van der Waals surface area contributed by atoms with E-state index in [1.165, 1.54) is 12.8 Å². The van der Waals surface area contributed by atoms with Crippen LogP contribution in [0.3, 0.4) is 0 Å². The number of hydrogen-bond donors (Lipinski definition) is 1. The molecule has 0 amide bonds. The molecular weight excluding hydrogens is 102 g/mol. The molecular formula is C6H11NO. The van der Waals surface area contributed by atoms with Crippen molar-refractivity contribution < 1.29 is 5.11 Å². The van der Waals surface area contributed by atoms with Crippen LogP contribution in [0, 0.1) is 0 Å². The SMILES string of the molecule is OC=CN1CCCC1. The highest BCUT2D eigenvalue weighted by Gasteiger charge is 2.05. The molecule has 0 unspecified atom stereocenters. The fraction of sp³-hybridized carbons (Fsp3) is 0.667. The predicted molar refractivity (Wildman–Crippen MR) is 32.6 cm³/mol. The summed E-state index contributed by atoms with van der Waals surface area (Å²) in [5.74, 6) is 0. The summed E-state index contributed by atoms with van der Waals surface area (Å²) in [6.07, 6.45) is 5.37. The standard InChI is InChI=1S/C6H11NO/c8-6-5-7-3-1-2-4-7/h5-6,8H,1-4H2. The molecule has 0 aromatic carbocycles. The minimum Gasteiger partial charge on any atom is -0.514 e. The molecule has 0 bridgehead atoms. The molecule has 0 aromatic heterocycles. The number of rotatable bonds is 1. The number of nitrogens with zero attached hydrogens (tertiary/aromatic N) is 1. The molecule has 0 aromatic rings. The average molecular weight is 113 g/mol. The van der Waals surface area contributed by atoms with Gasteiger partial charge in [0, 0.05) is 19.3 Å². The number of aliphatic hydroxyl groups is 1. The third-order valence-electron chi connectivity index (χ3n) is 1.42. The Morgan fingerprint density at radius 3 is 2.38 bits per heavy atom. The van der Waals surface area contributed by atoms with Crippen LogP contribution in [-0.4, -0.2) is 23.1 Å². The largest absolute Gasteiger partial charge is 0.514 e. The maximum atomic E-state index is 8.30. The summed E-state index contributed by atoms with van der Waals surface area (Å²) in [6, 6.07) is 0. The van der Waals surface area contributed by atoms with Gasteiger partial charge in [-0.05, 0) is 12.8 Å². The van der Waals surface area contributed by atoms with Crippen molar-refractivity contribution >= 4 is 0 Å². The molecule has 1 N–H and O–H groups in total. The lowest BCUT2D eigenvalue weighted by atomic mass is 10.4.